The molecule has 1 saturated heterocycles. The Labute approximate surface area is 152 Å². The zero-order chi connectivity index (χ0) is 18.3. The highest BCUT2D eigenvalue weighted by Crippen LogP contribution is 2.24. The van der Waals surface area contributed by atoms with E-state index in [4.69, 9.17) is 4.52 Å². The van der Waals surface area contributed by atoms with Crippen molar-refractivity contribution in [3.8, 4) is 0 Å². The number of aryl methyl sites for hydroxylation is 3. The predicted octanol–water partition coefficient (Wildman–Crippen LogP) is 3.50. The summed E-state index contributed by atoms with van der Waals surface area (Å²) in [7, 11) is 0. The van der Waals surface area contributed by atoms with Crippen LogP contribution >= 0.6 is 0 Å². The fourth-order valence-electron chi connectivity index (χ4n) is 3.68. The van der Waals surface area contributed by atoms with Crippen molar-refractivity contribution in [2.45, 2.75) is 40.2 Å². The quantitative estimate of drug-likeness (QED) is 0.724. The Morgan fingerprint density at radius 3 is 2.58 bits per heavy atom. The van der Waals surface area contributed by atoms with Crippen LogP contribution in [-0.4, -0.2) is 38.6 Å². The number of nitrogens with zero attached hydrogens (tertiary/aromatic N) is 4. The average Bonchev–Trinajstić information content (AvgIpc) is 3.22. The van der Waals surface area contributed by atoms with E-state index in [1.165, 1.54) is 16.6 Å². The maximum absolute atomic E-state index is 12.5. The third kappa shape index (κ3) is 3.11. The van der Waals surface area contributed by atoms with Crippen molar-refractivity contribution in [2.75, 3.05) is 13.1 Å². The van der Waals surface area contributed by atoms with Crippen LogP contribution in [0.5, 0.6) is 0 Å². The Morgan fingerprint density at radius 1 is 1.15 bits per heavy atom. The molecule has 0 aliphatic carbocycles. The third-order valence-corrected chi connectivity index (χ3v) is 5.44. The summed E-state index contributed by atoms with van der Waals surface area (Å²) in [4.78, 5) is 18.9. The van der Waals surface area contributed by atoms with E-state index in [9.17, 15) is 4.79 Å². The van der Waals surface area contributed by atoms with Gasteiger partial charge in [0.25, 0.3) is 5.91 Å². The summed E-state index contributed by atoms with van der Waals surface area (Å²) < 4.78 is 7.27. The first-order valence-corrected chi connectivity index (χ1v) is 9.16. The molecule has 0 N–H and O–H groups in total. The van der Waals surface area contributed by atoms with Gasteiger partial charge in [-0.15, -0.1) is 0 Å². The van der Waals surface area contributed by atoms with Gasteiger partial charge in [-0.1, -0.05) is 5.16 Å². The first-order valence-electron chi connectivity index (χ1n) is 9.16. The zero-order valence-electron chi connectivity index (χ0n) is 15.5. The lowest BCUT2D eigenvalue weighted by Gasteiger charge is -2.31. The van der Waals surface area contributed by atoms with Crippen molar-refractivity contribution in [1.82, 2.24) is 19.6 Å². The number of benzene rings is 1. The highest BCUT2D eigenvalue weighted by molar-refractivity contribution is 5.92. The minimum atomic E-state index is -0.0283. The Bertz CT molecular complexity index is 948. The summed E-state index contributed by atoms with van der Waals surface area (Å²) in [5.74, 6) is 1.19. The number of aromatic nitrogens is 3. The molecule has 4 rings (SSSR count). The van der Waals surface area contributed by atoms with Crippen LogP contribution in [0.2, 0.25) is 0 Å². The summed E-state index contributed by atoms with van der Waals surface area (Å²) in [6, 6.07) is 6.09. The van der Waals surface area contributed by atoms with Gasteiger partial charge in [-0.05, 0) is 62.8 Å². The van der Waals surface area contributed by atoms with E-state index in [-0.39, 0.29) is 5.91 Å². The fraction of sp³-hybridized carbons (Fsp3) is 0.450. The van der Waals surface area contributed by atoms with Crippen LogP contribution in [0.3, 0.4) is 0 Å². The molecule has 2 aromatic heterocycles. The maximum atomic E-state index is 12.5. The van der Waals surface area contributed by atoms with Gasteiger partial charge in [-0.3, -0.25) is 4.79 Å². The first-order chi connectivity index (χ1) is 12.5. The molecule has 0 unspecified atom stereocenters. The molecule has 0 atom stereocenters. The van der Waals surface area contributed by atoms with E-state index in [0.717, 1.165) is 38.0 Å². The molecule has 26 heavy (non-hydrogen) atoms. The van der Waals surface area contributed by atoms with Crippen LogP contribution in [0.15, 0.2) is 29.0 Å². The van der Waals surface area contributed by atoms with Crippen molar-refractivity contribution in [3.05, 3.63) is 47.1 Å². The van der Waals surface area contributed by atoms with Gasteiger partial charge in [0, 0.05) is 25.7 Å². The van der Waals surface area contributed by atoms with Crippen molar-refractivity contribution in [1.29, 1.82) is 0 Å². The number of carbonyl (C=O) groups is 1. The molecular weight excluding hydrogens is 328 g/mol. The molecule has 3 aromatic rings. The topological polar surface area (TPSA) is 64.2 Å². The second-order valence-electron chi connectivity index (χ2n) is 7.38. The molecule has 136 valence electrons. The Balaban J connectivity index is 1.41. The molecule has 3 heterocycles. The number of likely N-dealkylation sites (tertiary alicyclic amines) is 1. The summed E-state index contributed by atoms with van der Waals surface area (Å²) in [5.41, 5.74) is 5.24. The van der Waals surface area contributed by atoms with Gasteiger partial charge in [-0.25, -0.2) is 4.98 Å². The van der Waals surface area contributed by atoms with Crippen molar-refractivity contribution < 1.29 is 9.32 Å². The molecule has 1 fully saturated rings. The lowest BCUT2D eigenvalue weighted by molar-refractivity contribution is 0.0673. The van der Waals surface area contributed by atoms with Crippen LogP contribution in [0.25, 0.3) is 11.0 Å². The van der Waals surface area contributed by atoms with E-state index in [2.05, 4.69) is 40.7 Å². The highest BCUT2D eigenvalue weighted by atomic mass is 16.5. The van der Waals surface area contributed by atoms with Gasteiger partial charge < -0.3 is 14.0 Å². The number of amides is 1. The van der Waals surface area contributed by atoms with Crippen LogP contribution in [0, 0.1) is 26.7 Å². The van der Waals surface area contributed by atoms with Crippen LogP contribution in [-0.2, 0) is 6.54 Å². The lowest BCUT2D eigenvalue weighted by atomic mass is 9.96. The molecule has 1 aliphatic heterocycles. The van der Waals surface area contributed by atoms with Crippen molar-refractivity contribution >= 4 is 16.9 Å². The fourth-order valence-corrected chi connectivity index (χ4v) is 3.68. The normalized spacial score (nSPS) is 15.7. The molecule has 0 spiro atoms. The lowest BCUT2D eigenvalue weighted by Crippen LogP contribution is -2.39. The minimum Gasteiger partial charge on any atom is -0.361 e. The smallest absolute Gasteiger partial charge is 0.276 e. The number of imidazole rings is 1. The molecule has 0 radical (unpaired) electrons. The molecule has 1 amide bonds. The van der Waals surface area contributed by atoms with Crippen molar-refractivity contribution in [3.63, 3.8) is 0 Å². The first kappa shape index (κ1) is 16.8. The van der Waals surface area contributed by atoms with E-state index >= 15 is 0 Å². The van der Waals surface area contributed by atoms with Gasteiger partial charge in [0.05, 0.1) is 17.4 Å². The largest absolute Gasteiger partial charge is 0.361 e. The Hall–Kier alpha value is -2.63. The summed E-state index contributed by atoms with van der Waals surface area (Å²) in [6.07, 6.45) is 3.93. The van der Waals surface area contributed by atoms with Gasteiger partial charge >= 0.3 is 0 Å². The molecule has 1 aliphatic rings. The van der Waals surface area contributed by atoms with E-state index in [1.807, 2.05) is 11.2 Å². The second kappa shape index (κ2) is 6.59. The van der Waals surface area contributed by atoms with Crippen LogP contribution < -0.4 is 0 Å². The van der Waals surface area contributed by atoms with Gasteiger partial charge in [0.15, 0.2) is 5.69 Å². The number of rotatable bonds is 3. The third-order valence-electron chi connectivity index (χ3n) is 5.44. The number of hydrogen-bond acceptors (Lipinski definition) is 4. The second-order valence-corrected chi connectivity index (χ2v) is 7.38. The number of piperidine rings is 1. The maximum Gasteiger partial charge on any atom is 0.276 e. The van der Waals surface area contributed by atoms with Crippen LogP contribution in [0.1, 0.15) is 40.2 Å². The monoisotopic (exact) mass is 352 g/mol. The standard InChI is InChI=1S/C20H24N4O2/c1-13-8-17-19(9-14(13)2)24(12-21-17)11-16-4-6-23(7-5-16)20(25)18-10-15(3)26-22-18/h8-10,12,16H,4-7,11H2,1-3H3. The summed E-state index contributed by atoms with van der Waals surface area (Å²) in [5, 5.41) is 3.84. The van der Waals surface area contributed by atoms with Crippen molar-refractivity contribution in [2.24, 2.45) is 5.92 Å². The Kier molecular flexibility index (Phi) is 4.26. The van der Waals surface area contributed by atoms with E-state index < -0.39 is 0 Å². The number of carbonyl (C=O) groups excluding carboxylic acids is 1. The summed E-state index contributed by atoms with van der Waals surface area (Å²) in [6.45, 7) is 8.54. The zero-order valence-corrected chi connectivity index (χ0v) is 15.5. The van der Waals surface area contributed by atoms with Gasteiger partial charge in [-0.2, -0.15) is 0 Å². The van der Waals surface area contributed by atoms with Crippen LogP contribution in [0.4, 0.5) is 0 Å². The molecule has 6 nitrogen and oxygen atoms in total. The molecule has 0 bridgehead atoms. The summed E-state index contributed by atoms with van der Waals surface area (Å²) >= 11 is 0. The number of hydrogen-bond donors (Lipinski definition) is 0. The predicted molar refractivity (Wildman–Crippen MR) is 99.1 cm³/mol. The Morgan fingerprint density at radius 2 is 1.88 bits per heavy atom. The van der Waals surface area contributed by atoms with E-state index in [0.29, 0.717) is 17.4 Å². The number of fused-ring (bicyclic) bond motifs is 1. The van der Waals surface area contributed by atoms with Gasteiger partial charge in [0.1, 0.15) is 5.76 Å². The molecule has 1 aromatic carbocycles. The molecule has 0 saturated carbocycles. The average molecular weight is 352 g/mol. The van der Waals surface area contributed by atoms with Gasteiger partial charge in [0.2, 0.25) is 0 Å². The molecular formula is C20H24N4O2. The minimum absolute atomic E-state index is 0.0283. The molecule has 6 heteroatoms. The highest BCUT2D eigenvalue weighted by Gasteiger charge is 2.26. The SMILES string of the molecule is Cc1cc(C(=O)N2CCC(Cn3cnc4cc(C)c(C)cc43)CC2)no1. The van der Waals surface area contributed by atoms with E-state index in [1.54, 1.807) is 13.0 Å².